The Balaban J connectivity index is 1.90. The van der Waals surface area contributed by atoms with Crippen LogP contribution in [-0.2, 0) is 9.53 Å². The van der Waals surface area contributed by atoms with E-state index in [1.54, 1.807) is 13.0 Å². The Kier molecular flexibility index (Phi) is 6.32. The van der Waals surface area contributed by atoms with Crippen LogP contribution in [-0.4, -0.2) is 66.0 Å². The number of carbonyl (C=O) groups is 1. The summed E-state index contributed by atoms with van der Waals surface area (Å²) >= 11 is 9.99. The van der Waals surface area contributed by atoms with E-state index in [2.05, 4.69) is 20.8 Å². The number of nitrogens with zero attached hydrogens (tertiary/aromatic N) is 3. The van der Waals surface area contributed by atoms with Gasteiger partial charge < -0.3 is 14.6 Å². The van der Waals surface area contributed by atoms with Gasteiger partial charge in [0.25, 0.3) is 0 Å². The van der Waals surface area contributed by atoms with Crippen LogP contribution in [0.1, 0.15) is 28.4 Å². The van der Waals surface area contributed by atoms with E-state index in [9.17, 15) is 9.82 Å². The summed E-state index contributed by atoms with van der Waals surface area (Å²) in [4.78, 5) is 21.9. The molecule has 4 rings (SSSR count). The molecule has 2 aliphatic rings. The number of carbonyl (C=O) groups excluding carboxylic acids is 1. The number of aromatic nitrogens is 1. The van der Waals surface area contributed by atoms with Crippen LogP contribution in [0.25, 0.3) is 10.1 Å². The Hall–Kier alpha value is -1.71. The number of pyridine rings is 1. The number of hydrogen-bond donors (Lipinski definition) is 1. The molecule has 1 aliphatic heterocycles. The second kappa shape index (κ2) is 8.81. The minimum absolute atomic E-state index is 0.153. The van der Waals surface area contributed by atoms with E-state index in [0.29, 0.717) is 15.1 Å². The zero-order chi connectivity index (χ0) is 21.4. The fourth-order valence-electron chi connectivity index (χ4n) is 4.25. The average Bonchev–Trinajstić information content (AvgIpc) is 2.85. The molecular weight excluding hydrogens is 468 g/mol. The third kappa shape index (κ3) is 3.83. The summed E-state index contributed by atoms with van der Waals surface area (Å²) in [6.45, 7) is 4.81. The van der Waals surface area contributed by atoms with Crippen molar-refractivity contribution in [1.29, 1.82) is 0 Å². The molecule has 0 spiro atoms. The van der Waals surface area contributed by atoms with Gasteiger partial charge in [0.05, 0.1) is 24.4 Å². The molecule has 0 radical (unpaired) electrons. The molecule has 9 heteroatoms. The third-order valence-corrected chi connectivity index (χ3v) is 6.82. The van der Waals surface area contributed by atoms with Crippen LogP contribution in [0.5, 0.6) is 0 Å². The molecule has 0 amide bonds. The summed E-state index contributed by atoms with van der Waals surface area (Å²) in [6.07, 6.45) is 1.77. The second-order valence-corrected chi connectivity index (χ2v) is 8.68. The number of benzene rings is 1. The molecule has 156 valence electrons. The molecule has 0 saturated carbocycles. The van der Waals surface area contributed by atoms with Gasteiger partial charge in [-0.05, 0) is 52.1 Å². The lowest BCUT2D eigenvalue weighted by molar-refractivity contribution is -0.133. The molecule has 1 N–H and O–H groups in total. The van der Waals surface area contributed by atoms with Gasteiger partial charge in [0.1, 0.15) is 0 Å². The first kappa shape index (κ1) is 21.5. The summed E-state index contributed by atoms with van der Waals surface area (Å²) in [6, 6.07) is 9.30. The van der Waals surface area contributed by atoms with Crippen LogP contribution < -0.4 is 0 Å². The Labute approximate surface area is 189 Å². The lowest BCUT2D eigenvalue weighted by Gasteiger charge is -2.40. The number of piperazine rings is 1. The molecule has 2 aromatic rings. The highest BCUT2D eigenvalue weighted by Crippen LogP contribution is 2.45. The Morgan fingerprint density at radius 2 is 2.00 bits per heavy atom. The number of halogens is 2. The molecule has 2 heterocycles. The van der Waals surface area contributed by atoms with Crippen LogP contribution in [0.2, 0.25) is 11.8 Å². The highest BCUT2D eigenvalue weighted by atomic mass is 79.9. The molecule has 1 aliphatic carbocycles. The fraction of sp³-hybridized carbons (Fsp3) is 0.333. The SMILES string of the molecule is COC(=O)C1=C(Br)c2cccnc2C(N2CCN(B(C)O)CC2)c2ccc(Cl)cc21. The van der Waals surface area contributed by atoms with Crippen molar-refractivity contribution < 1.29 is 14.6 Å². The summed E-state index contributed by atoms with van der Waals surface area (Å²) in [5.74, 6) is -0.431. The molecule has 1 saturated heterocycles. The van der Waals surface area contributed by atoms with E-state index < -0.39 is 13.0 Å². The summed E-state index contributed by atoms with van der Waals surface area (Å²) in [7, 11) is 0.904. The Bertz CT molecular complexity index is 1010. The lowest BCUT2D eigenvalue weighted by atomic mass is 9.84. The van der Waals surface area contributed by atoms with Gasteiger partial charge >= 0.3 is 13.0 Å². The maximum atomic E-state index is 12.8. The van der Waals surface area contributed by atoms with Crippen LogP contribution >= 0.6 is 27.5 Å². The molecule has 1 aromatic heterocycles. The predicted molar refractivity (Wildman–Crippen MR) is 122 cm³/mol. The van der Waals surface area contributed by atoms with Gasteiger partial charge in [0.15, 0.2) is 0 Å². The van der Waals surface area contributed by atoms with E-state index >= 15 is 0 Å². The second-order valence-electron chi connectivity index (χ2n) is 7.45. The maximum absolute atomic E-state index is 12.8. The lowest BCUT2D eigenvalue weighted by Crippen LogP contribution is -2.52. The summed E-state index contributed by atoms with van der Waals surface area (Å²) in [5.41, 5.74) is 3.86. The number of esters is 1. The fourth-order valence-corrected chi connectivity index (χ4v) is 5.13. The monoisotopic (exact) mass is 489 g/mol. The van der Waals surface area contributed by atoms with Crippen molar-refractivity contribution in [3.05, 3.63) is 63.9 Å². The van der Waals surface area contributed by atoms with Crippen LogP contribution in [0.3, 0.4) is 0 Å². The van der Waals surface area contributed by atoms with E-state index in [1.807, 2.05) is 35.1 Å². The van der Waals surface area contributed by atoms with Crippen LogP contribution in [0.4, 0.5) is 0 Å². The van der Waals surface area contributed by atoms with E-state index in [1.165, 1.54) is 7.11 Å². The van der Waals surface area contributed by atoms with E-state index in [-0.39, 0.29) is 6.04 Å². The zero-order valence-corrected chi connectivity index (χ0v) is 19.2. The van der Waals surface area contributed by atoms with E-state index in [0.717, 1.165) is 48.6 Å². The number of fused-ring (bicyclic) bond motifs is 2. The highest BCUT2D eigenvalue weighted by molar-refractivity contribution is 9.15. The van der Waals surface area contributed by atoms with Gasteiger partial charge in [-0.15, -0.1) is 0 Å². The quantitative estimate of drug-likeness (QED) is 0.526. The zero-order valence-electron chi connectivity index (χ0n) is 16.8. The van der Waals surface area contributed by atoms with Crippen molar-refractivity contribution in [1.82, 2.24) is 14.7 Å². The van der Waals surface area contributed by atoms with Crippen LogP contribution in [0, 0.1) is 0 Å². The number of ether oxygens (including phenoxy) is 1. The van der Waals surface area contributed by atoms with Crippen molar-refractivity contribution in [2.75, 3.05) is 33.3 Å². The van der Waals surface area contributed by atoms with Gasteiger partial charge in [-0.25, -0.2) is 4.79 Å². The first-order valence-corrected chi connectivity index (χ1v) is 11.0. The maximum Gasteiger partial charge on any atom is 0.376 e. The van der Waals surface area contributed by atoms with Crippen molar-refractivity contribution in [3.63, 3.8) is 0 Å². The molecule has 30 heavy (non-hydrogen) atoms. The van der Waals surface area contributed by atoms with Crippen molar-refractivity contribution in [2.45, 2.75) is 12.9 Å². The molecule has 1 unspecified atom stereocenters. The normalized spacial score (nSPS) is 19.7. The largest absolute Gasteiger partial charge is 0.465 e. The Morgan fingerprint density at radius 3 is 2.67 bits per heavy atom. The molecular formula is C21H22BBrClN3O3. The summed E-state index contributed by atoms with van der Waals surface area (Å²) in [5, 5.41) is 10.5. The van der Waals surface area contributed by atoms with Crippen molar-refractivity contribution in [2.24, 2.45) is 0 Å². The molecule has 0 bridgehead atoms. The van der Waals surface area contributed by atoms with Gasteiger partial charge in [0.2, 0.25) is 0 Å². The van der Waals surface area contributed by atoms with Gasteiger partial charge in [-0.2, -0.15) is 0 Å². The smallest absolute Gasteiger partial charge is 0.376 e. The minimum Gasteiger partial charge on any atom is -0.465 e. The highest BCUT2D eigenvalue weighted by Gasteiger charge is 2.37. The summed E-state index contributed by atoms with van der Waals surface area (Å²) < 4.78 is 5.75. The van der Waals surface area contributed by atoms with Crippen molar-refractivity contribution >= 4 is 50.6 Å². The van der Waals surface area contributed by atoms with Gasteiger partial charge in [-0.1, -0.05) is 23.7 Å². The molecule has 1 fully saturated rings. The van der Waals surface area contributed by atoms with Gasteiger partial charge in [-0.3, -0.25) is 9.88 Å². The first-order chi connectivity index (χ1) is 14.4. The number of hydrogen-bond acceptors (Lipinski definition) is 6. The van der Waals surface area contributed by atoms with Gasteiger partial charge in [0, 0.05) is 47.4 Å². The van der Waals surface area contributed by atoms with E-state index in [4.69, 9.17) is 21.3 Å². The number of methoxy groups -OCH3 is 1. The van der Waals surface area contributed by atoms with Crippen molar-refractivity contribution in [3.8, 4) is 0 Å². The van der Waals surface area contributed by atoms with Crippen LogP contribution in [0.15, 0.2) is 36.5 Å². The predicted octanol–water partition coefficient (Wildman–Crippen LogP) is 3.30. The first-order valence-electron chi connectivity index (χ1n) is 9.81. The minimum atomic E-state index is -0.473. The molecule has 1 aromatic carbocycles. The molecule has 6 nitrogen and oxygen atoms in total. The molecule has 1 atom stereocenters. The standard InChI is InChI=1S/C21H22BBrClN3O3/c1-22(29)27-10-8-26(9-11-27)20-14-6-5-13(24)12-16(14)17(21(28)30-2)18(23)15-4-3-7-25-19(15)20/h3-7,12,20,29H,8-11H2,1-2H3. The number of rotatable bonds is 3. The average molecular weight is 491 g/mol. The Morgan fingerprint density at radius 1 is 1.27 bits per heavy atom. The topological polar surface area (TPSA) is 65.9 Å². The third-order valence-electron chi connectivity index (χ3n) is 5.76.